The predicted molar refractivity (Wildman–Crippen MR) is 289 cm³/mol. The van der Waals surface area contributed by atoms with Crippen LogP contribution in [0.2, 0.25) is 0 Å². The molecule has 0 saturated heterocycles. The lowest BCUT2D eigenvalue weighted by Crippen LogP contribution is -2.12. The monoisotopic (exact) mass is 872 g/mol. The fraction of sp³-hybridized carbons (Fsp3) is 0. The van der Waals surface area contributed by atoms with E-state index in [1.54, 1.807) is 0 Å². The Balaban J connectivity index is 0.830. The van der Waals surface area contributed by atoms with Crippen LogP contribution >= 0.6 is 0 Å². The molecule has 0 aromatic heterocycles. The molecule has 4 nitrogen and oxygen atoms in total. The highest BCUT2D eigenvalue weighted by Gasteiger charge is 2.17. The number of nitrogens with zero attached hydrogens (tertiary/aromatic N) is 3. The van der Waals surface area contributed by atoms with Crippen molar-refractivity contribution in [1.82, 2.24) is 0 Å². The molecule has 0 aliphatic heterocycles. The van der Waals surface area contributed by atoms with Crippen molar-refractivity contribution in [2.24, 2.45) is 0 Å². The van der Waals surface area contributed by atoms with Gasteiger partial charge in [0.05, 0.1) is 0 Å². The highest BCUT2D eigenvalue weighted by atomic mass is 15.2. The summed E-state index contributed by atoms with van der Waals surface area (Å²) in [6.45, 7) is 0. The Morgan fingerprint density at radius 3 is 0.868 bits per heavy atom. The van der Waals surface area contributed by atoms with Gasteiger partial charge < -0.3 is 20.0 Å². The maximum Gasteiger partial charge on any atom is 0.0468 e. The molecular weight excluding hydrogens is 825 g/mol. The van der Waals surface area contributed by atoms with Crippen molar-refractivity contribution < 1.29 is 0 Å². The third kappa shape index (κ3) is 8.95. The van der Waals surface area contributed by atoms with Gasteiger partial charge in [0, 0.05) is 62.6 Å². The first-order valence-corrected chi connectivity index (χ1v) is 23.1. The molecular formula is C64H48N4. The number of hydrogen-bond donors (Lipinski definition) is 1. The van der Waals surface area contributed by atoms with E-state index >= 15 is 0 Å². The van der Waals surface area contributed by atoms with Gasteiger partial charge in [-0.15, -0.1) is 0 Å². The molecule has 0 atom stereocenters. The minimum atomic E-state index is 1.04. The summed E-state index contributed by atoms with van der Waals surface area (Å²) in [6.07, 6.45) is 0. The van der Waals surface area contributed by atoms with Crippen LogP contribution in [0.25, 0.3) is 33.0 Å². The zero-order chi connectivity index (χ0) is 45.5. The van der Waals surface area contributed by atoms with Crippen molar-refractivity contribution in [2.45, 2.75) is 0 Å². The van der Waals surface area contributed by atoms with Gasteiger partial charge in [0.25, 0.3) is 0 Å². The van der Waals surface area contributed by atoms with Crippen LogP contribution in [0.3, 0.4) is 0 Å². The fourth-order valence-electron chi connectivity index (χ4n) is 8.98. The van der Waals surface area contributed by atoms with Crippen molar-refractivity contribution in [3.8, 4) is 22.3 Å². The summed E-state index contributed by atoms with van der Waals surface area (Å²) in [5, 5.41) is 5.94. The molecule has 0 radical (unpaired) electrons. The van der Waals surface area contributed by atoms with Gasteiger partial charge in [-0.2, -0.15) is 0 Å². The summed E-state index contributed by atoms with van der Waals surface area (Å²) >= 11 is 0. The third-order valence-corrected chi connectivity index (χ3v) is 12.4. The largest absolute Gasteiger partial charge is 0.356 e. The first-order valence-electron chi connectivity index (χ1n) is 23.1. The lowest BCUT2D eigenvalue weighted by atomic mass is 9.99. The second-order valence-electron chi connectivity index (χ2n) is 16.8. The van der Waals surface area contributed by atoms with Gasteiger partial charge in [-0.3, -0.25) is 0 Å². The molecule has 0 saturated carbocycles. The Labute approximate surface area is 398 Å². The van der Waals surface area contributed by atoms with Crippen molar-refractivity contribution >= 4 is 73.3 Å². The molecule has 324 valence electrons. The summed E-state index contributed by atoms with van der Waals surface area (Å²) in [5.41, 5.74) is 16.6. The molecule has 11 aromatic carbocycles. The van der Waals surface area contributed by atoms with E-state index in [2.05, 4.69) is 287 Å². The van der Waals surface area contributed by atoms with E-state index < -0.39 is 0 Å². The lowest BCUT2D eigenvalue weighted by Gasteiger charge is -2.28. The second-order valence-corrected chi connectivity index (χ2v) is 16.8. The normalized spacial score (nSPS) is 10.9. The summed E-state index contributed by atoms with van der Waals surface area (Å²) in [5.74, 6) is 0. The standard InChI is InChI=1S/C64H48N4/c1-5-17-54(18-6-1)65-55-34-41-61(42-35-55)66(56-19-7-2-8-20-56)59-36-29-51(30-37-59)49-25-27-50(28-26-49)52-31-38-60(39-32-52)67(57-21-9-3-10-22-57)62-43-45-63(46-44-62)68(58-23-11-4-12-24-58)64-40-33-48-15-13-14-16-53(48)47-64/h1-47,65H. The molecule has 1 N–H and O–H groups in total. The molecule has 4 heteroatoms. The van der Waals surface area contributed by atoms with Crippen LogP contribution in [0, 0.1) is 0 Å². The molecule has 11 rings (SSSR count). The van der Waals surface area contributed by atoms with Crippen LogP contribution in [0.15, 0.2) is 285 Å². The highest BCUT2D eigenvalue weighted by molar-refractivity contribution is 5.90. The summed E-state index contributed by atoms with van der Waals surface area (Å²) in [4.78, 5) is 6.94. The van der Waals surface area contributed by atoms with Crippen LogP contribution in [0.1, 0.15) is 0 Å². The van der Waals surface area contributed by atoms with Crippen LogP contribution in [-0.4, -0.2) is 0 Å². The topological polar surface area (TPSA) is 21.8 Å². The molecule has 0 aliphatic carbocycles. The predicted octanol–water partition coefficient (Wildman–Crippen LogP) is 18.3. The molecule has 11 aromatic rings. The Bertz CT molecular complexity index is 3360. The van der Waals surface area contributed by atoms with E-state index in [9.17, 15) is 0 Å². The van der Waals surface area contributed by atoms with Crippen LogP contribution < -0.4 is 20.0 Å². The SMILES string of the molecule is c1ccc(Nc2ccc(N(c3ccccc3)c3ccc(-c4ccc(-c5ccc(N(c6ccccc6)c6ccc(N(c7ccccc7)c7ccc8ccccc8c7)cc6)cc5)cc4)cc3)cc2)cc1. The van der Waals surface area contributed by atoms with E-state index in [-0.39, 0.29) is 0 Å². The highest BCUT2D eigenvalue weighted by Crippen LogP contribution is 2.41. The zero-order valence-electron chi connectivity index (χ0n) is 37.5. The molecule has 0 heterocycles. The van der Waals surface area contributed by atoms with E-state index in [1.807, 2.05) is 18.2 Å². The fourth-order valence-corrected chi connectivity index (χ4v) is 8.98. The Hall–Kier alpha value is -9.12. The van der Waals surface area contributed by atoms with Crippen LogP contribution in [0.4, 0.5) is 62.6 Å². The maximum absolute atomic E-state index is 3.50. The van der Waals surface area contributed by atoms with Crippen molar-refractivity contribution in [3.63, 3.8) is 0 Å². The van der Waals surface area contributed by atoms with Crippen LogP contribution in [-0.2, 0) is 0 Å². The van der Waals surface area contributed by atoms with Gasteiger partial charge in [0.2, 0.25) is 0 Å². The maximum atomic E-state index is 3.50. The molecule has 0 bridgehead atoms. The van der Waals surface area contributed by atoms with Gasteiger partial charge in [0.15, 0.2) is 0 Å². The Kier molecular flexibility index (Phi) is 11.7. The first-order chi connectivity index (χ1) is 33.7. The molecule has 0 fully saturated rings. The number of anilines is 11. The smallest absolute Gasteiger partial charge is 0.0468 e. The molecule has 0 spiro atoms. The Morgan fingerprint density at radius 1 is 0.191 bits per heavy atom. The number of hydrogen-bond acceptors (Lipinski definition) is 4. The van der Waals surface area contributed by atoms with Gasteiger partial charge in [-0.05, 0) is 166 Å². The van der Waals surface area contributed by atoms with Gasteiger partial charge in [-0.1, -0.05) is 152 Å². The van der Waals surface area contributed by atoms with E-state index in [0.29, 0.717) is 0 Å². The number of nitrogens with one attached hydrogen (secondary N) is 1. The van der Waals surface area contributed by atoms with Gasteiger partial charge >= 0.3 is 0 Å². The summed E-state index contributed by atoms with van der Waals surface area (Å²) in [7, 11) is 0. The zero-order valence-corrected chi connectivity index (χ0v) is 37.5. The summed E-state index contributed by atoms with van der Waals surface area (Å²) in [6, 6.07) is 101. The lowest BCUT2D eigenvalue weighted by molar-refractivity contribution is 1.26. The van der Waals surface area contributed by atoms with E-state index in [4.69, 9.17) is 0 Å². The average Bonchev–Trinajstić information content (AvgIpc) is 3.41. The Morgan fingerprint density at radius 2 is 0.456 bits per heavy atom. The minimum absolute atomic E-state index is 1.04. The summed E-state index contributed by atoms with van der Waals surface area (Å²) < 4.78 is 0. The van der Waals surface area contributed by atoms with Gasteiger partial charge in [-0.25, -0.2) is 0 Å². The number of para-hydroxylation sites is 4. The number of rotatable bonds is 13. The first kappa shape index (κ1) is 41.6. The quantitative estimate of drug-likeness (QED) is 0.125. The number of fused-ring (bicyclic) bond motifs is 1. The van der Waals surface area contributed by atoms with Crippen LogP contribution in [0.5, 0.6) is 0 Å². The van der Waals surface area contributed by atoms with E-state index in [0.717, 1.165) is 68.1 Å². The third-order valence-electron chi connectivity index (χ3n) is 12.4. The van der Waals surface area contributed by atoms with E-state index in [1.165, 1.54) is 27.5 Å². The second kappa shape index (κ2) is 19.2. The van der Waals surface area contributed by atoms with Crippen molar-refractivity contribution in [3.05, 3.63) is 285 Å². The molecule has 68 heavy (non-hydrogen) atoms. The molecule has 0 unspecified atom stereocenters. The molecule has 0 amide bonds. The van der Waals surface area contributed by atoms with Crippen molar-refractivity contribution in [2.75, 3.05) is 20.0 Å². The average molecular weight is 873 g/mol. The van der Waals surface area contributed by atoms with Crippen molar-refractivity contribution in [1.29, 1.82) is 0 Å². The molecule has 0 aliphatic rings. The minimum Gasteiger partial charge on any atom is -0.356 e. The number of benzene rings is 11. The van der Waals surface area contributed by atoms with Gasteiger partial charge in [0.1, 0.15) is 0 Å².